The van der Waals surface area contributed by atoms with Gasteiger partial charge in [-0.3, -0.25) is 0 Å². The molecule has 1 atom stereocenters. The molecule has 0 aliphatic heterocycles. The van der Waals surface area contributed by atoms with Gasteiger partial charge in [-0.1, -0.05) is 36.4 Å². The summed E-state index contributed by atoms with van der Waals surface area (Å²) >= 11 is 5.23. The Balaban J connectivity index is 2.02. The number of halogens is 1. The minimum absolute atomic E-state index is 0.0583. The number of para-hydroxylation sites is 1. The summed E-state index contributed by atoms with van der Waals surface area (Å²) in [5.41, 5.74) is 2.74. The van der Waals surface area contributed by atoms with E-state index in [1.807, 2.05) is 19.1 Å². The summed E-state index contributed by atoms with van der Waals surface area (Å²) in [5, 5.41) is 6.45. The lowest BCUT2D eigenvalue weighted by Crippen LogP contribution is -2.31. The van der Waals surface area contributed by atoms with Gasteiger partial charge in [-0.05, 0) is 49.3 Å². The van der Waals surface area contributed by atoms with Crippen LogP contribution < -0.4 is 10.6 Å². The number of benzene rings is 2. The lowest BCUT2D eigenvalue weighted by molar-refractivity contribution is 0.631. The maximum Gasteiger partial charge on any atom is 0.171 e. The first-order valence-corrected chi connectivity index (χ1v) is 6.86. The summed E-state index contributed by atoms with van der Waals surface area (Å²) in [6.45, 7) is 4.08. The molecule has 2 N–H and O–H groups in total. The molecular weight excluding hydrogens is 271 g/mol. The van der Waals surface area contributed by atoms with Gasteiger partial charge in [0.2, 0.25) is 0 Å². The van der Waals surface area contributed by atoms with E-state index in [4.69, 9.17) is 12.2 Å². The number of aryl methyl sites for hydroxylation is 1. The van der Waals surface area contributed by atoms with Crippen LogP contribution >= 0.6 is 12.2 Å². The number of rotatable bonds is 3. The average Bonchev–Trinajstić information content (AvgIpc) is 2.41. The molecule has 4 heteroatoms. The van der Waals surface area contributed by atoms with Crippen LogP contribution in [0.25, 0.3) is 0 Å². The van der Waals surface area contributed by atoms with E-state index >= 15 is 0 Å². The maximum atomic E-state index is 13.5. The summed E-state index contributed by atoms with van der Waals surface area (Å²) in [6, 6.07) is 14.6. The van der Waals surface area contributed by atoms with E-state index < -0.39 is 0 Å². The quantitative estimate of drug-likeness (QED) is 0.828. The Kier molecular flexibility index (Phi) is 4.69. The van der Waals surface area contributed by atoms with Gasteiger partial charge in [0.25, 0.3) is 0 Å². The molecular formula is C16H17FN2S. The fourth-order valence-corrected chi connectivity index (χ4v) is 2.35. The first-order chi connectivity index (χ1) is 9.58. The lowest BCUT2D eigenvalue weighted by Gasteiger charge is -2.19. The highest BCUT2D eigenvalue weighted by Crippen LogP contribution is 2.17. The van der Waals surface area contributed by atoms with E-state index in [9.17, 15) is 4.39 Å². The van der Waals surface area contributed by atoms with E-state index in [-0.39, 0.29) is 11.9 Å². The third kappa shape index (κ3) is 3.54. The minimum atomic E-state index is -0.319. The molecule has 0 heterocycles. The van der Waals surface area contributed by atoms with Crippen LogP contribution in [0.5, 0.6) is 0 Å². The predicted octanol–water partition coefficient (Wildman–Crippen LogP) is 4.18. The molecule has 0 saturated heterocycles. The van der Waals surface area contributed by atoms with E-state index in [0.29, 0.717) is 10.8 Å². The van der Waals surface area contributed by atoms with Gasteiger partial charge < -0.3 is 10.6 Å². The van der Waals surface area contributed by atoms with Crippen LogP contribution in [0.3, 0.4) is 0 Å². The van der Waals surface area contributed by atoms with Crippen molar-refractivity contribution in [2.75, 3.05) is 5.32 Å². The first-order valence-electron chi connectivity index (χ1n) is 6.45. The fourth-order valence-electron chi connectivity index (χ4n) is 2.07. The first kappa shape index (κ1) is 14.5. The normalized spacial score (nSPS) is 11.8. The SMILES string of the molecule is Cc1ccccc1[C@@H](C)NC(=S)Nc1ccccc1F. The smallest absolute Gasteiger partial charge is 0.171 e. The van der Waals surface area contributed by atoms with Crippen LogP contribution in [0.15, 0.2) is 48.5 Å². The number of anilines is 1. The highest BCUT2D eigenvalue weighted by Gasteiger charge is 2.10. The Labute approximate surface area is 124 Å². The van der Waals surface area contributed by atoms with Crippen molar-refractivity contribution in [3.63, 3.8) is 0 Å². The van der Waals surface area contributed by atoms with E-state index in [2.05, 4.69) is 29.7 Å². The van der Waals surface area contributed by atoms with Gasteiger partial charge in [0.05, 0.1) is 11.7 Å². The third-order valence-corrected chi connectivity index (χ3v) is 3.34. The molecule has 0 amide bonds. The zero-order chi connectivity index (χ0) is 14.5. The standard InChI is InChI=1S/C16H17FN2S/c1-11-7-3-4-8-13(11)12(2)18-16(20)19-15-10-6-5-9-14(15)17/h3-10,12H,1-2H3,(H2,18,19,20)/t12-/m1/s1. The Morgan fingerprint density at radius 1 is 1.10 bits per heavy atom. The van der Waals surface area contributed by atoms with Crippen molar-refractivity contribution in [1.29, 1.82) is 0 Å². The Morgan fingerprint density at radius 3 is 2.45 bits per heavy atom. The van der Waals surface area contributed by atoms with E-state index in [1.54, 1.807) is 18.2 Å². The fraction of sp³-hybridized carbons (Fsp3) is 0.188. The van der Waals surface area contributed by atoms with Crippen molar-refractivity contribution in [2.45, 2.75) is 19.9 Å². The molecule has 2 aromatic carbocycles. The molecule has 0 saturated carbocycles. The zero-order valence-corrected chi connectivity index (χ0v) is 12.3. The summed E-state index contributed by atoms with van der Waals surface area (Å²) in [5.74, 6) is -0.319. The van der Waals surface area contributed by atoms with Gasteiger partial charge in [-0.2, -0.15) is 0 Å². The molecule has 2 rings (SSSR count). The van der Waals surface area contributed by atoms with E-state index in [0.717, 1.165) is 0 Å². The highest BCUT2D eigenvalue weighted by molar-refractivity contribution is 7.80. The van der Waals surface area contributed by atoms with Crippen LogP contribution in [0.2, 0.25) is 0 Å². The summed E-state index contributed by atoms with van der Waals surface area (Å²) in [7, 11) is 0. The molecule has 0 aromatic heterocycles. The zero-order valence-electron chi connectivity index (χ0n) is 11.5. The Hall–Kier alpha value is -1.94. The molecule has 104 valence electrons. The minimum Gasteiger partial charge on any atom is -0.356 e. The molecule has 2 nitrogen and oxygen atoms in total. The van der Waals surface area contributed by atoms with Crippen molar-refractivity contribution in [2.24, 2.45) is 0 Å². The molecule has 0 aliphatic rings. The highest BCUT2D eigenvalue weighted by atomic mass is 32.1. The third-order valence-electron chi connectivity index (χ3n) is 3.12. The van der Waals surface area contributed by atoms with Crippen molar-refractivity contribution >= 4 is 23.0 Å². The summed E-state index contributed by atoms with van der Waals surface area (Å²) in [4.78, 5) is 0. The Morgan fingerprint density at radius 2 is 1.75 bits per heavy atom. The van der Waals surface area contributed by atoms with E-state index in [1.165, 1.54) is 17.2 Å². The molecule has 0 aliphatic carbocycles. The Bertz CT molecular complexity index is 613. The lowest BCUT2D eigenvalue weighted by atomic mass is 10.0. The summed E-state index contributed by atoms with van der Waals surface area (Å²) in [6.07, 6.45) is 0. The summed E-state index contributed by atoms with van der Waals surface area (Å²) < 4.78 is 13.5. The molecule has 0 bridgehead atoms. The van der Waals surface area contributed by atoms with Crippen molar-refractivity contribution in [1.82, 2.24) is 5.32 Å². The van der Waals surface area contributed by atoms with Gasteiger partial charge in [0, 0.05) is 0 Å². The van der Waals surface area contributed by atoms with Crippen LogP contribution in [-0.2, 0) is 0 Å². The number of hydrogen-bond donors (Lipinski definition) is 2. The molecule has 20 heavy (non-hydrogen) atoms. The number of hydrogen-bond acceptors (Lipinski definition) is 1. The molecule has 2 aromatic rings. The maximum absolute atomic E-state index is 13.5. The predicted molar refractivity (Wildman–Crippen MR) is 85.4 cm³/mol. The van der Waals surface area contributed by atoms with Gasteiger partial charge in [0.1, 0.15) is 5.82 Å². The van der Waals surface area contributed by atoms with Crippen LogP contribution in [0.1, 0.15) is 24.1 Å². The van der Waals surface area contributed by atoms with Gasteiger partial charge in [-0.25, -0.2) is 4.39 Å². The molecule has 0 unspecified atom stereocenters. The monoisotopic (exact) mass is 288 g/mol. The second kappa shape index (κ2) is 6.48. The van der Waals surface area contributed by atoms with Gasteiger partial charge in [0.15, 0.2) is 5.11 Å². The molecule has 0 spiro atoms. The second-order valence-corrected chi connectivity index (χ2v) is 5.06. The van der Waals surface area contributed by atoms with Crippen molar-refractivity contribution in [3.05, 3.63) is 65.5 Å². The average molecular weight is 288 g/mol. The largest absolute Gasteiger partial charge is 0.356 e. The topological polar surface area (TPSA) is 24.1 Å². The van der Waals surface area contributed by atoms with Crippen molar-refractivity contribution in [3.8, 4) is 0 Å². The van der Waals surface area contributed by atoms with Crippen molar-refractivity contribution < 1.29 is 4.39 Å². The van der Waals surface area contributed by atoms with Crippen LogP contribution in [0.4, 0.5) is 10.1 Å². The van der Waals surface area contributed by atoms with Gasteiger partial charge in [-0.15, -0.1) is 0 Å². The molecule has 0 fully saturated rings. The number of nitrogens with one attached hydrogen (secondary N) is 2. The molecule has 0 radical (unpaired) electrons. The van der Waals surface area contributed by atoms with Crippen LogP contribution in [-0.4, -0.2) is 5.11 Å². The van der Waals surface area contributed by atoms with Gasteiger partial charge >= 0.3 is 0 Å². The second-order valence-electron chi connectivity index (χ2n) is 4.66. The van der Waals surface area contributed by atoms with Crippen LogP contribution in [0, 0.1) is 12.7 Å². The number of thiocarbonyl (C=S) groups is 1.